The number of phenols is 1. The Morgan fingerprint density at radius 1 is 1.17 bits per heavy atom. The molecule has 2 rings (SSSR count). The number of aromatic hydroxyl groups is 1. The Kier molecular flexibility index (Phi) is 3.48. The van der Waals surface area contributed by atoms with E-state index in [9.17, 15) is 5.11 Å². The predicted octanol–water partition coefficient (Wildman–Crippen LogP) is 2.26. The van der Waals surface area contributed by atoms with Gasteiger partial charge in [-0.3, -0.25) is 5.41 Å². The summed E-state index contributed by atoms with van der Waals surface area (Å²) < 4.78 is 5.57. The van der Waals surface area contributed by atoms with Gasteiger partial charge in [0.05, 0.1) is 0 Å². The van der Waals surface area contributed by atoms with Crippen molar-refractivity contribution in [3.05, 3.63) is 59.7 Å². The van der Waals surface area contributed by atoms with Crippen LogP contribution in [0.25, 0.3) is 0 Å². The summed E-state index contributed by atoms with van der Waals surface area (Å²) in [6.45, 7) is 0.357. The van der Waals surface area contributed by atoms with E-state index in [4.69, 9.17) is 15.9 Å². The molecular weight excluding hydrogens is 228 g/mol. The summed E-state index contributed by atoms with van der Waals surface area (Å²) >= 11 is 0. The number of nitrogen functional groups attached to an aromatic ring is 1. The van der Waals surface area contributed by atoms with Gasteiger partial charge in [0.2, 0.25) is 0 Å². The van der Waals surface area contributed by atoms with Crippen LogP contribution in [-0.4, -0.2) is 10.9 Å². The highest BCUT2D eigenvalue weighted by Gasteiger charge is 2.00. The Morgan fingerprint density at radius 2 is 1.94 bits per heavy atom. The topological polar surface area (TPSA) is 79.3 Å². The summed E-state index contributed by atoms with van der Waals surface area (Å²) in [5.74, 6) is 0.873. The first-order chi connectivity index (χ1) is 8.65. The zero-order chi connectivity index (χ0) is 13.0. The van der Waals surface area contributed by atoms with Crippen molar-refractivity contribution in [3.63, 3.8) is 0 Å². The van der Waals surface area contributed by atoms with Gasteiger partial charge < -0.3 is 15.6 Å². The summed E-state index contributed by atoms with van der Waals surface area (Å²) in [6, 6.07) is 13.9. The van der Waals surface area contributed by atoms with E-state index in [0.717, 1.165) is 5.56 Å². The molecule has 4 heteroatoms. The Hall–Kier alpha value is -2.49. The molecular formula is C14H14N2O2. The summed E-state index contributed by atoms with van der Waals surface area (Å²) in [7, 11) is 0. The van der Waals surface area contributed by atoms with Gasteiger partial charge in [0, 0.05) is 5.56 Å². The van der Waals surface area contributed by atoms with E-state index in [2.05, 4.69) is 0 Å². The van der Waals surface area contributed by atoms with Crippen LogP contribution < -0.4 is 10.5 Å². The van der Waals surface area contributed by atoms with Gasteiger partial charge in [-0.15, -0.1) is 0 Å². The van der Waals surface area contributed by atoms with Crippen molar-refractivity contribution in [1.82, 2.24) is 0 Å². The van der Waals surface area contributed by atoms with E-state index in [1.807, 2.05) is 6.07 Å². The Morgan fingerprint density at radius 3 is 2.67 bits per heavy atom. The van der Waals surface area contributed by atoms with E-state index in [1.165, 1.54) is 0 Å². The Bertz CT molecular complexity index is 567. The number of nitrogens with one attached hydrogen (secondary N) is 1. The largest absolute Gasteiger partial charge is 0.508 e. The standard InChI is InChI=1S/C14H14N2O2/c15-14(16)11-4-2-6-13(8-11)18-9-10-3-1-5-12(17)7-10/h1-8,17H,9H2,(H3,15,16). The van der Waals surface area contributed by atoms with Crippen molar-refractivity contribution in [2.75, 3.05) is 0 Å². The molecule has 0 aliphatic rings. The first-order valence-electron chi connectivity index (χ1n) is 5.50. The van der Waals surface area contributed by atoms with E-state index in [-0.39, 0.29) is 11.6 Å². The highest BCUT2D eigenvalue weighted by Crippen LogP contribution is 2.16. The molecule has 0 saturated heterocycles. The summed E-state index contributed by atoms with van der Waals surface area (Å²) in [5.41, 5.74) is 6.91. The van der Waals surface area contributed by atoms with Crippen LogP contribution in [0.4, 0.5) is 0 Å². The molecule has 0 heterocycles. The second kappa shape index (κ2) is 5.23. The van der Waals surface area contributed by atoms with Gasteiger partial charge in [-0.05, 0) is 29.8 Å². The number of benzene rings is 2. The number of nitrogens with two attached hydrogens (primary N) is 1. The lowest BCUT2D eigenvalue weighted by Crippen LogP contribution is -2.10. The van der Waals surface area contributed by atoms with E-state index in [1.54, 1.807) is 42.5 Å². The van der Waals surface area contributed by atoms with Gasteiger partial charge in [-0.1, -0.05) is 24.3 Å². The van der Waals surface area contributed by atoms with Gasteiger partial charge in [-0.2, -0.15) is 0 Å². The van der Waals surface area contributed by atoms with Crippen LogP contribution >= 0.6 is 0 Å². The van der Waals surface area contributed by atoms with Gasteiger partial charge in [0.1, 0.15) is 23.9 Å². The molecule has 2 aromatic rings. The van der Waals surface area contributed by atoms with Gasteiger partial charge in [-0.25, -0.2) is 0 Å². The normalized spacial score (nSPS) is 10.0. The summed E-state index contributed by atoms with van der Waals surface area (Å²) in [5, 5.41) is 16.7. The lowest BCUT2D eigenvalue weighted by Gasteiger charge is -2.08. The van der Waals surface area contributed by atoms with Crippen molar-refractivity contribution < 1.29 is 9.84 Å². The fourth-order valence-electron chi connectivity index (χ4n) is 1.57. The van der Waals surface area contributed by atoms with Gasteiger partial charge in [0.15, 0.2) is 0 Å². The smallest absolute Gasteiger partial charge is 0.122 e. The Balaban J connectivity index is 2.06. The number of phenolic OH excluding ortho intramolecular Hbond substituents is 1. The van der Waals surface area contributed by atoms with Crippen LogP contribution in [0.2, 0.25) is 0 Å². The average molecular weight is 242 g/mol. The highest BCUT2D eigenvalue weighted by molar-refractivity contribution is 5.95. The van der Waals surface area contributed by atoms with Gasteiger partial charge in [0.25, 0.3) is 0 Å². The van der Waals surface area contributed by atoms with E-state index >= 15 is 0 Å². The van der Waals surface area contributed by atoms with Crippen LogP contribution in [0.5, 0.6) is 11.5 Å². The molecule has 92 valence electrons. The maximum atomic E-state index is 9.33. The molecule has 0 unspecified atom stereocenters. The maximum Gasteiger partial charge on any atom is 0.122 e. The average Bonchev–Trinajstić information content (AvgIpc) is 2.37. The van der Waals surface area contributed by atoms with E-state index in [0.29, 0.717) is 17.9 Å². The number of hydrogen-bond donors (Lipinski definition) is 3. The number of amidine groups is 1. The summed E-state index contributed by atoms with van der Waals surface area (Å²) in [4.78, 5) is 0. The third-order valence-electron chi connectivity index (χ3n) is 2.46. The quantitative estimate of drug-likeness (QED) is 0.568. The second-order valence-electron chi connectivity index (χ2n) is 3.90. The number of ether oxygens (including phenoxy) is 1. The fourth-order valence-corrected chi connectivity index (χ4v) is 1.57. The second-order valence-corrected chi connectivity index (χ2v) is 3.90. The third kappa shape index (κ3) is 3.01. The molecule has 18 heavy (non-hydrogen) atoms. The molecule has 0 bridgehead atoms. The third-order valence-corrected chi connectivity index (χ3v) is 2.46. The molecule has 0 atom stereocenters. The van der Waals surface area contributed by atoms with Crippen molar-refractivity contribution in [2.45, 2.75) is 6.61 Å². The van der Waals surface area contributed by atoms with Crippen LogP contribution in [0, 0.1) is 5.41 Å². The molecule has 0 amide bonds. The van der Waals surface area contributed by atoms with Crippen LogP contribution in [0.15, 0.2) is 48.5 Å². The van der Waals surface area contributed by atoms with Crippen molar-refractivity contribution in [1.29, 1.82) is 5.41 Å². The van der Waals surface area contributed by atoms with Crippen LogP contribution in [0.3, 0.4) is 0 Å². The molecule has 0 radical (unpaired) electrons. The molecule has 0 aliphatic carbocycles. The maximum absolute atomic E-state index is 9.33. The zero-order valence-electron chi connectivity index (χ0n) is 9.76. The molecule has 2 aromatic carbocycles. The summed E-state index contributed by atoms with van der Waals surface area (Å²) in [6.07, 6.45) is 0. The van der Waals surface area contributed by atoms with E-state index < -0.39 is 0 Å². The molecule has 0 spiro atoms. The van der Waals surface area contributed by atoms with Crippen LogP contribution in [-0.2, 0) is 6.61 Å². The van der Waals surface area contributed by atoms with Crippen molar-refractivity contribution in [2.24, 2.45) is 5.73 Å². The van der Waals surface area contributed by atoms with Crippen molar-refractivity contribution in [3.8, 4) is 11.5 Å². The molecule has 4 N–H and O–H groups in total. The molecule has 4 nitrogen and oxygen atoms in total. The predicted molar refractivity (Wildman–Crippen MR) is 69.9 cm³/mol. The lowest BCUT2D eigenvalue weighted by molar-refractivity contribution is 0.305. The SMILES string of the molecule is N=C(N)c1cccc(OCc2cccc(O)c2)c1. The molecule has 0 aliphatic heterocycles. The molecule has 0 aromatic heterocycles. The molecule has 0 fully saturated rings. The number of rotatable bonds is 4. The number of hydrogen-bond acceptors (Lipinski definition) is 3. The monoisotopic (exact) mass is 242 g/mol. The first-order valence-corrected chi connectivity index (χ1v) is 5.50. The van der Waals surface area contributed by atoms with Crippen LogP contribution in [0.1, 0.15) is 11.1 Å². The highest BCUT2D eigenvalue weighted by atomic mass is 16.5. The fraction of sp³-hybridized carbons (Fsp3) is 0.0714. The lowest BCUT2D eigenvalue weighted by atomic mass is 10.2. The minimum Gasteiger partial charge on any atom is -0.508 e. The Labute approximate surface area is 105 Å². The van der Waals surface area contributed by atoms with Crippen molar-refractivity contribution >= 4 is 5.84 Å². The van der Waals surface area contributed by atoms with Gasteiger partial charge >= 0.3 is 0 Å². The zero-order valence-corrected chi connectivity index (χ0v) is 9.76. The first kappa shape index (κ1) is 12.0. The molecule has 0 saturated carbocycles. The minimum absolute atomic E-state index is 0.0119. The minimum atomic E-state index is 0.0119.